The van der Waals surface area contributed by atoms with Crippen molar-refractivity contribution in [3.05, 3.63) is 43.0 Å². The van der Waals surface area contributed by atoms with Crippen LogP contribution in [0.1, 0.15) is 24.8 Å². The van der Waals surface area contributed by atoms with Crippen LogP contribution in [0.5, 0.6) is 0 Å². The Morgan fingerprint density at radius 3 is 2.76 bits per heavy atom. The van der Waals surface area contributed by atoms with Gasteiger partial charge >= 0.3 is 10.8 Å². The molecule has 156 valence electrons. The van der Waals surface area contributed by atoms with Gasteiger partial charge in [-0.3, -0.25) is 14.3 Å². The summed E-state index contributed by atoms with van der Waals surface area (Å²) in [5.41, 5.74) is 0.332. The number of methoxy groups -OCH3 is 1. The maximum absolute atomic E-state index is 14.5. The number of ether oxygens (including phenoxy) is 2. The van der Waals surface area contributed by atoms with Crippen LogP contribution in [0.2, 0.25) is 5.02 Å². The lowest BCUT2D eigenvalue weighted by molar-refractivity contribution is -0.143. The van der Waals surface area contributed by atoms with Crippen LogP contribution in [0.15, 0.2) is 21.9 Å². The van der Waals surface area contributed by atoms with Crippen molar-refractivity contribution in [1.82, 2.24) is 9.36 Å². The molecule has 0 amide bonds. The fourth-order valence-electron chi connectivity index (χ4n) is 2.87. The molecule has 0 bridgehead atoms. The highest BCUT2D eigenvalue weighted by Gasteiger charge is 2.17. The van der Waals surface area contributed by atoms with E-state index in [-0.39, 0.29) is 40.1 Å². The first-order chi connectivity index (χ1) is 13.9. The number of fused-ring (bicyclic) bond motifs is 1. The third-order valence-corrected chi connectivity index (χ3v) is 5.85. The largest absolute Gasteiger partial charge is 0.463 e. The highest BCUT2D eigenvalue weighted by molar-refractivity contribution is 7.81. The molecule has 1 aromatic heterocycles. The Bertz CT molecular complexity index is 1060. The SMILES string of the molecule is COCCOC(=O)CC(=S)c1cc(/N=c2/sc(=O)n3n2CCCC3)c(F)cc1Cl. The van der Waals surface area contributed by atoms with Gasteiger partial charge in [0.1, 0.15) is 18.1 Å². The predicted molar refractivity (Wildman–Crippen MR) is 112 cm³/mol. The summed E-state index contributed by atoms with van der Waals surface area (Å²) in [5, 5.41) is 0.0795. The highest BCUT2D eigenvalue weighted by atomic mass is 35.5. The number of nitrogens with zero attached hydrogens (tertiary/aromatic N) is 3. The fraction of sp³-hybridized carbons (Fsp3) is 0.444. The van der Waals surface area contributed by atoms with Crippen molar-refractivity contribution in [3.63, 3.8) is 0 Å². The van der Waals surface area contributed by atoms with Crippen molar-refractivity contribution in [3.8, 4) is 0 Å². The number of carbonyl (C=O) groups excluding carboxylic acids is 1. The molecule has 29 heavy (non-hydrogen) atoms. The van der Waals surface area contributed by atoms with Crippen molar-refractivity contribution in [2.45, 2.75) is 32.4 Å². The van der Waals surface area contributed by atoms with Crippen molar-refractivity contribution in [2.75, 3.05) is 20.3 Å². The summed E-state index contributed by atoms with van der Waals surface area (Å²) in [7, 11) is 1.50. The Morgan fingerprint density at radius 1 is 1.31 bits per heavy atom. The summed E-state index contributed by atoms with van der Waals surface area (Å²) < 4.78 is 27.7. The number of rotatable bonds is 7. The summed E-state index contributed by atoms with van der Waals surface area (Å²) in [6, 6.07) is 2.50. The van der Waals surface area contributed by atoms with E-state index in [1.54, 1.807) is 9.36 Å². The van der Waals surface area contributed by atoms with Gasteiger partial charge in [0.25, 0.3) is 0 Å². The van der Waals surface area contributed by atoms with Crippen LogP contribution in [-0.2, 0) is 27.4 Å². The van der Waals surface area contributed by atoms with Gasteiger partial charge < -0.3 is 9.47 Å². The van der Waals surface area contributed by atoms with Crippen LogP contribution in [0.4, 0.5) is 10.1 Å². The lowest BCUT2D eigenvalue weighted by Crippen LogP contribution is -2.31. The maximum atomic E-state index is 14.5. The molecule has 0 aliphatic carbocycles. The van der Waals surface area contributed by atoms with Gasteiger partial charge in [-0.2, -0.15) is 0 Å². The third-order valence-electron chi connectivity index (χ3n) is 4.30. The van der Waals surface area contributed by atoms with Crippen molar-refractivity contribution in [2.24, 2.45) is 4.99 Å². The molecule has 0 fully saturated rings. The first-order valence-corrected chi connectivity index (χ1v) is 10.5. The smallest absolute Gasteiger partial charge is 0.325 e. The Kier molecular flexibility index (Phi) is 7.33. The van der Waals surface area contributed by atoms with Crippen molar-refractivity contribution < 1.29 is 18.7 Å². The molecular formula is C18H19ClFN3O4S2. The summed E-state index contributed by atoms with van der Waals surface area (Å²) in [6.45, 7) is 1.66. The summed E-state index contributed by atoms with van der Waals surface area (Å²) in [4.78, 5) is 28.8. The van der Waals surface area contributed by atoms with E-state index in [9.17, 15) is 14.0 Å². The van der Waals surface area contributed by atoms with Crippen LogP contribution in [0.3, 0.4) is 0 Å². The van der Waals surface area contributed by atoms with E-state index >= 15 is 0 Å². The molecule has 0 N–H and O–H groups in total. The number of thiocarbonyl (C=S) groups is 1. The second-order valence-electron chi connectivity index (χ2n) is 6.31. The Balaban J connectivity index is 1.90. The zero-order valence-corrected chi connectivity index (χ0v) is 18.0. The zero-order valence-electron chi connectivity index (χ0n) is 15.7. The van der Waals surface area contributed by atoms with Crippen LogP contribution < -0.4 is 9.67 Å². The van der Waals surface area contributed by atoms with E-state index in [0.29, 0.717) is 23.5 Å². The highest BCUT2D eigenvalue weighted by Crippen LogP contribution is 2.27. The van der Waals surface area contributed by atoms with E-state index in [1.165, 1.54) is 13.2 Å². The minimum absolute atomic E-state index is 0.00206. The molecule has 1 aliphatic heterocycles. The number of halogens is 2. The van der Waals surface area contributed by atoms with Gasteiger partial charge in [-0.25, -0.2) is 14.1 Å². The van der Waals surface area contributed by atoms with Crippen molar-refractivity contribution >= 4 is 51.7 Å². The molecule has 11 heteroatoms. The molecule has 0 atom stereocenters. The number of aromatic nitrogens is 2. The van der Waals surface area contributed by atoms with Gasteiger partial charge in [0.15, 0.2) is 0 Å². The number of carbonyl (C=O) groups is 1. The molecule has 3 rings (SSSR count). The van der Waals surface area contributed by atoms with Gasteiger partial charge in [0.2, 0.25) is 4.80 Å². The van der Waals surface area contributed by atoms with E-state index in [1.807, 2.05) is 0 Å². The molecule has 0 radical (unpaired) electrons. The normalized spacial score (nSPS) is 14.0. The molecular weight excluding hydrogens is 441 g/mol. The molecule has 0 unspecified atom stereocenters. The number of hydrogen-bond donors (Lipinski definition) is 0. The van der Waals surface area contributed by atoms with Crippen LogP contribution >= 0.6 is 35.2 Å². The lowest BCUT2D eigenvalue weighted by atomic mass is 10.1. The van der Waals surface area contributed by atoms with Crippen LogP contribution in [-0.4, -0.2) is 40.5 Å². The first kappa shape index (κ1) is 21.8. The lowest BCUT2D eigenvalue weighted by Gasteiger charge is -2.15. The minimum Gasteiger partial charge on any atom is -0.463 e. The summed E-state index contributed by atoms with van der Waals surface area (Å²) in [5.74, 6) is -1.17. The molecule has 7 nitrogen and oxygen atoms in total. The summed E-state index contributed by atoms with van der Waals surface area (Å²) in [6.07, 6.45) is 1.67. The number of hydrogen-bond acceptors (Lipinski definition) is 7. The molecule has 1 aliphatic rings. The third kappa shape index (κ3) is 5.19. The molecule has 0 saturated heterocycles. The maximum Gasteiger partial charge on any atom is 0.325 e. The summed E-state index contributed by atoms with van der Waals surface area (Å²) >= 11 is 12.4. The van der Waals surface area contributed by atoms with E-state index in [2.05, 4.69) is 4.99 Å². The Hall–Kier alpha value is -1.88. The Morgan fingerprint density at radius 2 is 2.03 bits per heavy atom. The van der Waals surface area contributed by atoms with E-state index in [0.717, 1.165) is 30.2 Å². The predicted octanol–water partition coefficient (Wildman–Crippen LogP) is 2.83. The first-order valence-electron chi connectivity index (χ1n) is 8.93. The van der Waals surface area contributed by atoms with Gasteiger partial charge in [-0.1, -0.05) is 23.8 Å². The molecule has 2 aromatic rings. The molecule has 0 spiro atoms. The molecule has 0 saturated carbocycles. The van der Waals surface area contributed by atoms with Gasteiger partial charge in [-0.15, -0.1) is 0 Å². The van der Waals surface area contributed by atoms with E-state index in [4.69, 9.17) is 33.3 Å². The quantitative estimate of drug-likeness (QED) is 0.275. The van der Waals surface area contributed by atoms with Gasteiger partial charge in [-0.05, 0) is 36.3 Å². The van der Waals surface area contributed by atoms with Crippen LogP contribution in [0.25, 0.3) is 0 Å². The standard InChI is InChI=1S/C18H19ClFN3O4S2/c1-26-6-7-27-16(24)10-15(28)11-8-14(13(20)9-12(11)19)21-17-22-4-2-3-5-23(22)18(25)29-17/h8-9H,2-7,10H2,1H3/b21-17+. The monoisotopic (exact) mass is 459 g/mol. The van der Waals surface area contributed by atoms with Gasteiger partial charge in [0, 0.05) is 30.6 Å². The fourth-order valence-corrected chi connectivity index (χ4v) is 4.37. The zero-order chi connectivity index (χ0) is 21.0. The molecule has 1 aromatic carbocycles. The average molecular weight is 460 g/mol. The molecule has 2 heterocycles. The van der Waals surface area contributed by atoms with Crippen LogP contribution in [0, 0.1) is 5.82 Å². The number of esters is 1. The van der Waals surface area contributed by atoms with E-state index < -0.39 is 11.8 Å². The minimum atomic E-state index is -0.639. The average Bonchev–Trinajstić information content (AvgIpc) is 3.00. The number of benzene rings is 1. The Labute approximate surface area is 180 Å². The van der Waals surface area contributed by atoms with Crippen molar-refractivity contribution in [1.29, 1.82) is 0 Å². The topological polar surface area (TPSA) is 74.8 Å². The van der Waals surface area contributed by atoms with Gasteiger partial charge in [0.05, 0.1) is 18.1 Å². The second-order valence-corrected chi connectivity index (χ2v) is 8.13. The second kappa shape index (κ2) is 9.75.